The summed E-state index contributed by atoms with van der Waals surface area (Å²) in [6, 6.07) is 0. The van der Waals surface area contributed by atoms with Crippen molar-refractivity contribution in [3.05, 3.63) is 16.1 Å². The Morgan fingerprint density at radius 1 is 1.45 bits per heavy atom. The summed E-state index contributed by atoms with van der Waals surface area (Å²) in [6.45, 7) is 7.62. The van der Waals surface area contributed by atoms with Crippen molar-refractivity contribution < 1.29 is 4.74 Å². The van der Waals surface area contributed by atoms with Crippen LogP contribution in [-0.4, -0.2) is 43.3 Å². The van der Waals surface area contributed by atoms with Gasteiger partial charge >= 0.3 is 0 Å². The highest BCUT2D eigenvalue weighted by atomic mass is 32.1. The monoisotopic (exact) mass is 324 g/mol. The number of rotatable bonds is 8. The van der Waals surface area contributed by atoms with Crippen molar-refractivity contribution in [1.29, 1.82) is 0 Å². The molecule has 1 aliphatic heterocycles. The van der Waals surface area contributed by atoms with Gasteiger partial charge in [-0.2, -0.15) is 0 Å². The zero-order chi connectivity index (χ0) is 15.6. The highest BCUT2D eigenvalue weighted by Crippen LogP contribution is 2.12. The molecule has 0 spiro atoms. The third kappa shape index (κ3) is 6.32. The zero-order valence-electron chi connectivity index (χ0n) is 13.7. The minimum Gasteiger partial charge on any atom is -0.376 e. The van der Waals surface area contributed by atoms with Gasteiger partial charge in [0, 0.05) is 30.8 Å². The van der Waals surface area contributed by atoms with E-state index in [1.807, 2.05) is 0 Å². The third-order valence-corrected chi connectivity index (χ3v) is 4.62. The Hall–Kier alpha value is -1.14. The molecule has 0 radical (unpaired) electrons. The first-order valence-electron chi connectivity index (χ1n) is 8.32. The molecule has 1 aliphatic rings. The number of thiazole rings is 1. The summed E-state index contributed by atoms with van der Waals surface area (Å²) >= 11 is 1.76. The lowest BCUT2D eigenvalue weighted by Gasteiger charge is -2.12. The molecule has 22 heavy (non-hydrogen) atoms. The lowest BCUT2D eigenvalue weighted by molar-refractivity contribution is 0.117. The predicted molar refractivity (Wildman–Crippen MR) is 92.7 cm³/mol. The maximum Gasteiger partial charge on any atom is 0.191 e. The van der Waals surface area contributed by atoms with Gasteiger partial charge in [-0.05, 0) is 46.0 Å². The molecule has 0 aromatic carbocycles. The van der Waals surface area contributed by atoms with E-state index in [-0.39, 0.29) is 0 Å². The maximum absolute atomic E-state index is 5.61. The predicted octanol–water partition coefficient (Wildman–Crippen LogP) is 2.51. The van der Waals surface area contributed by atoms with Crippen LogP contribution in [0.3, 0.4) is 0 Å². The fourth-order valence-corrected chi connectivity index (χ4v) is 3.27. The highest BCUT2D eigenvalue weighted by Gasteiger charge is 2.14. The van der Waals surface area contributed by atoms with Gasteiger partial charge in [0.2, 0.25) is 0 Å². The fraction of sp³-hybridized carbons (Fsp3) is 0.750. The summed E-state index contributed by atoms with van der Waals surface area (Å²) in [5.41, 5.74) is 1.13. The minimum atomic E-state index is 0.309. The first-order chi connectivity index (χ1) is 10.8. The van der Waals surface area contributed by atoms with Gasteiger partial charge in [-0.25, -0.2) is 4.98 Å². The average molecular weight is 324 g/mol. The number of guanidine groups is 1. The molecule has 1 aromatic heterocycles. The molecule has 0 aliphatic carbocycles. The number of nitrogens with zero attached hydrogens (tertiary/aromatic N) is 2. The number of hydrogen-bond donors (Lipinski definition) is 2. The van der Waals surface area contributed by atoms with E-state index in [0.717, 1.165) is 63.6 Å². The number of hydrogen-bond acceptors (Lipinski definition) is 4. The molecule has 0 bridgehead atoms. The second kappa shape index (κ2) is 9.79. The van der Waals surface area contributed by atoms with Gasteiger partial charge in [0.1, 0.15) is 0 Å². The van der Waals surface area contributed by atoms with Crippen LogP contribution in [0.5, 0.6) is 0 Å². The van der Waals surface area contributed by atoms with Crippen molar-refractivity contribution in [2.75, 3.05) is 26.2 Å². The molecule has 2 heterocycles. The standard InChI is InChI=1S/C16H28N4OS/c1-3-17-16(19-11-14-7-6-10-21-14)18-9-5-4-8-15-20-13(2)12-22-15/h12,14H,3-11H2,1-2H3,(H2,17,18,19). The quantitative estimate of drug-likeness (QED) is 0.438. The van der Waals surface area contributed by atoms with Crippen molar-refractivity contribution in [2.24, 2.45) is 4.99 Å². The Morgan fingerprint density at radius 3 is 3.05 bits per heavy atom. The van der Waals surface area contributed by atoms with E-state index in [0.29, 0.717) is 6.10 Å². The maximum atomic E-state index is 5.61. The van der Waals surface area contributed by atoms with Crippen LogP contribution in [0.4, 0.5) is 0 Å². The van der Waals surface area contributed by atoms with E-state index < -0.39 is 0 Å². The van der Waals surface area contributed by atoms with Gasteiger partial charge in [-0.15, -0.1) is 11.3 Å². The summed E-state index contributed by atoms with van der Waals surface area (Å²) < 4.78 is 5.61. The first kappa shape index (κ1) is 17.2. The summed E-state index contributed by atoms with van der Waals surface area (Å²) in [6.07, 6.45) is 5.97. The number of nitrogens with one attached hydrogen (secondary N) is 2. The highest BCUT2D eigenvalue weighted by molar-refractivity contribution is 7.09. The van der Waals surface area contributed by atoms with Crippen LogP contribution in [0.1, 0.15) is 43.3 Å². The Kier molecular flexibility index (Phi) is 7.66. The van der Waals surface area contributed by atoms with Crippen LogP contribution in [0, 0.1) is 6.92 Å². The van der Waals surface area contributed by atoms with Gasteiger partial charge in [-0.3, -0.25) is 4.99 Å². The van der Waals surface area contributed by atoms with Crippen LogP contribution in [0.15, 0.2) is 10.4 Å². The third-order valence-electron chi connectivity index (χ3n) is 3.60. The summed E-state index contributed by atoms with van der Waals surface area (Å²) in [5, 5.41) is 10.1. The molecule has 6 heteroatoms. The van der Waals surface area contributed by atoms with Gasteiger partial charge in [0.25, 0.3) is 0 Å². The van der Waals surface area contributed by atoms with E-state index in [4.69, 9.17) is 4.74 Å². The van der Waals surface area contributed by atoms with Crippen molar-refractivity contribution >= 4 is 17.3 Å². The van der Waals surface area contributed by atoms with Crippen molar-refractivity contribution in [3.63, 3.8) is 0 Å². The van der Waals surface area contributed by atoms with E-state index in [1.54, 1.807) is 11.3 Å². The summed E-state index contributed by atoms with van der Waals surface area (Å²) in [4.78, 5) is 9.11. The fourth-order valence-electron chi connectivity index (χ4n) is 2.45. The van der Waals surface area contributed by atoms with E-state index >= 15 is 0 Å². The molecule has 124 valence electrons. The molecule has 1 fully saturated rings. The van der Waals surface area contributed by atoms with Crippen LogP contribution < -0.4 is 10.6 Å². The summed E-state index contributed by atoms with van der Waals surface area (Å²) in [7, 11) is 0. The number of ether oxygens (including phenoxy) is 1. The molecule has 5 nitrogen and oxygen atoms in total. The molecular weight excluding hydrogens is 296 g/mol. The van der Waals surface area contributed by atoms with Gasteiger partial charge in [0.15, 0.2) is 5.96 Å². The molecular formula is C16H28N4OS. The normalized spacial score (nSPS) is 18.6. The van der Waals surface area contributed by atoms with Crippen molar-refractivity contribution in [3.8, 4) is 0 Å². The topological polar surface area (TPSA) is 58.5 Å². The number of aromatic nitrogens is 1. The van der Waals surface area contributed by atoms with Crippen molar-refractivity contribution in [2.45, 2.75) is 52.1 Å². The van der Waals surface area contributed by atoms with Gasteiger partial charge < -0.3 is 15.4 Å². The first-order valence-corrected chi connectivity index (χ1v) is 9.20. The smallest absolute Gasteiger partial charge is 0.191 e. The largest absolute Gasteiger partial charge is 0.376 e. The number of aryl methyl sites for hydroxylation is 2. The number of aliphatic imine (C=N–C) groups is 1. The SMILES string of the molecule is CCNC(=NCC1CCCO1)NCCCCc1nc(C)cs1. The van der Waals surface area contributed by atoms with E-state index in [1.165, 1.54) is 11.4 Å². The zero-order valence-corrected chi connectivity index (χ0v) is 14.5. The second-order valence-electron chi connectivity index (χ2n) is 5.62. The summed E-state index contributed by atoms with van der Waals surface area (Å²) in [5.74, 6) is 0.906. The second-order valence-corrected chi connectivity index (χ2v) is 6.56. The van der Waals surface area contributed by atoms with Gasteiger partial charge in [-0.1, -0.05) is 0 Å². The Labute approximate surface area is 137 Å². The number of unbranched alkanes of at least 4 members (excludes halogenated alkanes) is 1. The molecule has 2 N–H and O–H groups in total. The lowest BCUT2D eigenvalue weighted by atomic mass is 10.2. The molecule has 1 atom stereocenters. The van der Waals surface area contributed by atoms with E-state index in [2.05, 4.69) is 39.8 Å². The van der Waals surface area contributed by atoms with Crippen LogP contribution >= 0.6 is 11.3 Å². The molecule has 1 unspecified atom stereocenters. The Balaban J connectivity index is 1.61. The minimum absolute atomic E-state index is 0.309. The molecule has 0 amide bonds. The van der Waals surface area contributed by atoms with Crippen molar-refractivity contribution in [1.82, 2.24) is 15.6 Å². The molecule has 1 saturated heterocycles. The Bertz CT molecular complexity index is 455. The van der Waals surface area contributed by atoms with Crippen LogP contribution in [0.25, 0.3) is 0 Å². The lowest BCUT2D eigenvalue weighted by Crippen LogP contribution is -2.38. The average Bonchev–Trinajstić information content (AvgIpc) is 3.16. The molecule has 2 rings (SSSR count). The van der Waals surface area contributed by atoms with Crippen LogP contribution in [-0.2, 0) is 11.2 Å². The van der Waals surface area contributed by atoms with Gasteiger partial charge in [0.05, 0.1) is 17.7 Å². The Morgan fingerprint density at radius 2 is 2.36 bits per heavy atom. The van der Waals surface area contributed by atoms with E-state index in [9.17, 15) is 0 Å². The van der Waals surface area contributed by atoms with Crippen LogP contribution in [0.2, 0.25) is 0 Å². The molecule has 0 saturated carbocycles. The molecule has 1 aromatic rings.